The first-order chi connectivity index (χ1) is 19.8. The molecule has 0 radical (unpaired) electrons. The van der Waals surface area contributed by atoms with Gasteiger partial charge in [-0.2, -0.15) is 0 Å². The van der Waals surface area contributed by atoms with Crippen LogP contribution in [0.5, 0.6) is 0 Å². The zero-order valence-electron chi connectivity index (χ0n) is 23.6. The molecule has 0 N–H and O–H groups in total. The van der Waals surface area contributed by atoms with Crippen molar-refractivity contribution >= 4 is 42.6 Å². The van der Waals surface area contributed by atoms with E-state index < -0.39 is 16.6 Å². The molecule has 0 spiro atoms. The lowest BCUT2D eigenvalue weighted by molar-refractivity contribution is 0.568. The average Bonchev–Trinajstić information content (AvgIpc) is 3.05. The predicted molar refractivity (Wildman–Crippen MR) is 177 cm³/mol. The van der Waals surface area contributed by atoms with Gasteiger partial charge in [0.25, 0.3) is 8.32 Å². The fraction of sp³-hybridized carbons (Fsp3) is 0.189. The standard InChI is InChI=1S/C37H40OSi2/c1-2-3-4-5-21-32-39(33-22-11-6-12-23-33,34-24-13-7-14-25-34)38-40(35-26-15-8-16-27-35,36-28-17-9-18-29-36)37-30-19-10-20-31-37/h6-20,22-31H,2-5,21,32H2,1H3. The van der Waals surface area contributed by atoms with E-state index in [0.717, 1.165) is 6.04 Å². The van der Waals surface area contributed by atoms with Gasteiger partial charge in [-0.05, 0) is 32.0 Å². The third kappa shape index (κ3) is 5.97. The zero-order chi connectivity index (χ0) is 27.5. The second-order valence-electron chi connectivity index (χ2n) is 10.6. The summed E-state index contributed by atoms with van der Waals surface area (Å²) < 4.78 is 8.24. The van der Waals surface area contributed by atoms with E-state index in [2.05, 4.69) is 159 Å². The number of hydrogen-bond donors (Lipinski definition) is 0. The Kier molecular flexibility index (Phi) is 9.61. The van der Waals surface area contributed by atoms with Gasteiger partial charge in [0, 0.05) is 0 Å². The molecule has 0 aliphatic rings. The Morgan fingerprint density at radius 3 is 1.07 bits per heavy atom. The minimum Gasteiger partial charge on any atom is -0.439 e. The SMILES string of the molecule is CCCCCCC[Si](O[Si](c1ccccc1)(c1ccccc1)c1ccccc1)(c1ccccc1)c1ccccc1. The first kappa shape index (κ1) is 28.0. The van der Waals surface area contributed by atoms with Crippen LogP contribution in [0.15, 0.2) is 152 Å². The summed E-state index contributed by atoms with van der Waals surface area (Å²) in [6, 6.07) is 56.5. The summed E-state index contributed by atoms with van der Waals surface area (Å²) in [6.45, 7) is 2.29. The Labute approximate surface area is 242 Å². The van der Waals surface area contributed by atoms with Crippen LogP contribution in [0, 0.1) is 0 Å². The summed E-state index contributed by atoms with van der Waals surface area (Å²) in [7, 11) is -5.67. The monoisotopic (exact) mass is 556 g/mol. The molecule has 0 atom stereocenters. The van der Waals surface area contributed by atoms with Crippen molar-refractivity contribution in [3.8, 4) is 0 Å². The van der Waals surface area contributed by atoms with Crippen LogP contribution in [-0.4, -0.2) is 16.6 Å². The van der Waals surface area contributed by atoms with E-state index in [1.54, 1.807) is 0 Å². The van der Waals surface area contributed by atoms with Crippen LogP contribution >= 0.6 is 0 Å². The van der Waals surface area contributed by atoms with Gasteiger partial charge in [0.15, 0.2) is 0 Å². The van der Waals surface area contributed by atoms with Crippen molar-refractivity contribution in [2.24, 2.45) is 0 Å². The third-order valence-corrected chi connectivity index (χ3v) is 17.6. The normalized spacial score (nSPS) is 11.8. The minimum atomic E-state index is -2.94. The molecular formula is C37H40OSi2. The second kappa shape index (κ2) is 13.7. The van der Waals surface area contributed by atoms with E-state index in [4.69, 9.17) is 4.12 Å². The van der Waals surface area contributed by atoms with E-state index in [-0.39, 0.29) is 0 Å². The molecule has 0 saturated heterocycles. The highest BCUT2D eigenvalue weighted by atomic mass is 28.4. The molecule has 0 bridgehead atoms. The Bertz CT molecular complexity index is 1270. The summed E-state index contributed by atoms with van der Waals surface area (Å²) in [5.74, 6) is 0. The lowest BCUT2D eigenvalue weighted by atomic mass is 10.2. The van der Waals surface area contributed by atoms with Crippen LogP contribution in [0.25, 0.3) is 0 Å². The molecule has 0 unspecified atom stereocenters. The van der Waals surface area contributed by atoms with E-state index in [1.807, 2.05) is 0 Å². The van der Waals surface area contributed by atoms with Crippen LogP contribution in [0.4, 0.5) is 0 Å². The number of benzene rings is 5. The summed E-state index contributed by atoms with van der Waals surface area (Å²) in [5, 5.41) is 6.60. The molecule has 3 heteroatoms. The number of hydrogen-bond acceptors (Lipinski definition) is 1. The zero-order valence-corrected chi connectivity index (χ0v) is 25.6. The van der Waals surface area contributed by atoms with Crippen LogP contribution in [0.1, 0.15) is 39.0 Å². The van der Waals surface area contributed by atoms with Gasteiger partial charge in [0.2, 0.25) is 8.32 Å². The molecule has 0 aliphatic heterocycles. The molecule has 5 aromatic carbocycles. The molecule has 0 heterocycles. The highest BCUT2D eigenvalue weighted by Crippen LogP contribution is 2.24. The molecule has 40 heavy (non-hydrogen) atoms. The van der Waals surface area contributed by atoms with Gasteiger partial charge < -0.3 is 4.12 Å². The van der Waals surface area contributed by atoms with E-state index >= 15 is 0 Å². The Morgan fingerprint density at radius 1 is 0.400 bits per heavy atom. The van der Waals surface area contributed by atoms with E-state index in [1.165, 1.54) is 58.0 Å². The van der Waals surface area contributed by atoms with Gasteiger partial charge in [0.1, 0.15) is 0 Å². The molecule has 0 aromatic heterocycles. The molecule has 202 valence electrons. The van der Waals surface area contributed by atoms with Gasteiger partial charge in [0.05, 0.1) is 0 Å². The van der Waals surface area contributed by atoms with Gasteiger partial charge in [-0.3, -0.25) is 0 Å². The van der Waals surface area contributed by atoms with Crippen LogP contribution in [0.2, 0.25) is 6.04 Å². The largest absolute Gasteiger partial charge is 0.439 e. The predicted octanol–water partition coefficient (Wildman–Crippen LogP) is 6.40. The van der Waals surface area contributed by atoms with Crippen molar-refractivity contribution in [3.63, 3.8) is 0 Å². The Hall–Kier alpha value is -3.51. The third-order valence-electron chi connectivity index (χ3n) is 7.98. The van der Waals surface area contributed by atoms with Crippen molar-refractivity contribution in [1.29, 1.82) is 0 Å². The highest BCUT2D eigenvalue weighted by Gasteiger charge is 2.51. The van der Waals surface area contributed by atoms with Crippen LogP contribution in [-0.2, 0) is 4.12 Å². The van der Waals surface area contributed by atoms with Crippen molar-refractivity contribution in [3.05, 3.63) is 152 Å². The second-order valence-corrected chi connectivity index (χ2v) is 17.8. The topological polar surface area (TPSA) is 9.23 Å². The molecule has 0 fully saturated rings. The minimum absolute atomic E-state index is 1.06. The van der Waals surface area contributed by atoms with E-state index in [9.17, 15) is 0 Å². The lowest BCUT2D eigenvalue weighted by Crippen LogP contribution is -2.77. The quantitative estimate of drug-likeness (QED) is 0.0926. The average molecular weight is 557 g/mol. The lowest BCUT2D eigenvalue weighted by Gasteiger charge is -2.44. The fourth-order valence-electron chi connectivity index (χ4n) is 5.97. The van der Waals surface area contributed by atoms with Crippen LogP contribution in [0.3, 0.4) is 0 Å². The molecule has 5 rings (SSSR count). The number of rotatable bonds is 13. The fourth-order valence-corrected chi connectivity index (χ4v) is 16.9. The Morgan fingerprint density at radius 2 is 0.725 bits per heavy atom. The molecule has 0 saturated carbocycles. The molecular weight excluding hydrogens is 517 g/mol. The molecule has 5 aromatic rings. The highest BCUT2D eigenvalue weighted by molar-refractivity contribution is 7.14. The van der Waals surface area contributed by atoms with Gasteiger partial charge in [-0.15, -0.1) is 0 Å². The van der Waals surface area contributed by atoms with Crippen LogP contribution < -0.4 is 25.9 Å². The first-order valence-corrected chi connectivity index (χ1v) is 18.8. The maximum absolute atomic E-state index is 8.24. The molecule has 0 amide bonds. The van der Waals surface area contributed by atoms with Crippen molar-refractivity contribution in [2.75, 3.05) is 0 Å². The van der Waals surface area contributed by atoms with Crippen molar-refractivity contribution < 1.29 is 4.12 Å². The molecule has 0 aliphatic carbocycles. The summed E-state index contributed by atoms with van der Waals surface area (Å²) >= 11 is 0. The summed E-state index contributed by atoms with van der Waals surface area (Å²) in [4.78, 5) is 0. The maximum Gasteiger partial charge on any atom is 0.278 e. The Balaban J connectivity index is 1.79. The van der Waals surface area contributed by atoms with Gasteiger partial charge in [-0.25, -0.2) is 0 Å². The summed E-state index contributed by atoms with van der Waals surface area (Å²) in [5.41, 5.74) is 0. The summed E-state index contributed by atoms with van der Waals surface area (Å²) in [6.07, 6.45) is 6.23. The van der Waals surface area contributed by atoms with Crippen molar-refractivity contribution in [1.82, 2.24) is 0 Å². The number of unbranched alkanes of at least 4 members (excludes halogenated alkanes) is 4. The maximum atomic E-state index is 8.24. The van der Waals surface area contributed by atoms with Crippen molar-refractivity contribution in [2.45, 2.75) is 45.1 Å². The van der Waals surface area contributed by atoms with E-state index in [0.29, 0.717) is 0 Å². The van der Waals surface area contributed by atoms with Gasteiger partial charge in [-0.1, -0.05) is 191 Å². The molecule has 1 nitrogen and oxygen atoms in total. The smallest absolute Gasteiger partial charge is 0.278 e. The van der Waals surface area contributed by atoms with Gasteiger partial charge >= 0.3 is 0 Å². The first-order valence-electron chi connectivity index (χ1n) is 14.8.